The Morgan fingerprint density at radius 2 is 0.532 bits per heavy atom. The van der Waals surface area contributed by atoms with Gasteiger partial charge in [0.25, 0.3) is 0 Å². The SMILES string of the molecule is [2H]c1c([2H])c([2H])c(-c2c([2H])c([2H])c(-c3nc(-c4ccc(-c5ccc6sc7ccccc7c6c5)cc4)nc(-c4cccc5c4-c4ccccc4C5(c4ccccc4)c4ccccc4)n3)c([2H])c2[2H])c([2H])c1[2H].[2H]c1ccc(-c2ccc(-c3nc(-c4ccc(-c5cccc6c5sc5ccccc56)cc4)nc(-c4cccc5c4-c4ccccc4C5(c4ccccc4)c4ccccc4)n3)cc2)cc1. The van der Waals surface area contributed by atoms with Gasteiger partial charge in [0.2, 0.25) is 0 Å². The van der Waals surface area contributed by atoms with Gasteiger partial charge in [0.05, 0.1) is 24.5 Å². The highest BCUT2D eigenvalue weighted by Crippen LogP contribution is 2.60. The molecule has 0 aliphatic heterocycles. The number of thiophene rings is 2. The monoisotopic (exact) mass is 1620 g/mol. The fraction of sp³-hybridized carbons (Fsp3) is 0.0172. The zero-order valence-electron chi connectivity index (χ0n) is 76.5. The Bertz CT molecular complexity index is 8340. The van der Waals surface area contributed by atoms with Crippen molar-refractivity contribution in [2.45, 2.75) is 10.8 Å². The van der Waals surface area contributed by atoms with Gasteiger partial charge in [0, 0.05) is 73.7 Å². The van der Waals surface area contributed by atoms with Crippen LogP contribution < -0.4 is 0 Å². The van der Waals surface area contributed by atoms with E-state index in [9.17, 15) is 5.48 Å². The van der Waals surface area contributed by atoms with Crippen LogP contribution in [0, 0.1) is 0 Å². The molecule has 4 aromatic heterocycles. The summed E-state index contributed by atoms with van der Waals surface area (Å²) in [6.45, 7) is 0. The van der Waals surface area contributed by atoms with Crippen LogP contribution in [0.25, 0.3) is 175 Å². The van der Waals surface area contributed by atoms with E-state index < -0.39 is 76.3 Å². The Balaban J connectivity index is 0.000000152. The first kappa shape index (κ1) is 63.4. The second kappa shape index (κ2) is 30.9. The minimum Gasteiger partial charge on any atom is -0.208 e. The quantitative estimate of drug-likeness (QED) is 0.108. The fourth-order valence-corrected chi connectivity index (χ4v) is 21.0. The van der Waals surface area contributed by atoms with Crippen LogP contribution in [0.5, 0.6) is 0 Å². The van der Waals surface area contributed by atoms with Crippen molar-refractivity contribution in [2.75, 3.05) is 0 Å². The first-order chi connectivity index (χ1) is 65.6. The second-order valence-electron chi connectivity index (χ2n) is 31.0. The van der Waals surface area contributed by atoms with Crippen molar-refractivity contribution in [1.29, 1.82) is 0 Å². The van der Waals surface area contributed by atoms with Crippen LogP contribution in [0.4, 0.5) is 0 Å². The number of hydrogen-bond acceptors (Lipinski definition) is 8. The summed E-state index contributed by atoms with van der Waals surface area (Å²) in [5.74, 6) is 2.16. The van der Waals surface area contributed by atoms with Crippen LogP contribution in [0.2, 0.25) is 0 Å². The molecular formula is C116H74N6S2. The highest BCUT2D eigenvalue weighted by atomic mass is 32.1. The molecule has 0 spiro atoms. The number of fused-ring (bicyclic) bond motifs is 12. The lowest BCUT2D eigenvalue weighted by Gasteiger charge is -2.33. The van der Waals surface area contributed by atoms with Crippen molar-refractivity contribution in [3.63, 3.8) is 0 Å². The van der Waals surface area contributed by atoms with E-state index in [0.717, 1.165) is 83.5 Å². The zero-order chi connectivity index (χ0) is 90.8. The van der Waals surface area contributed by atoms with Gasteiger partial charge in [0.1, 0.15) is 0 Å². The average Bonchev–Trinajstić information content (AvgIpc) is 1.53. The molecule has 0 saturated carbocycles. The van der Waals surface area contributed by atoms with Crippen molar-refractivity contribution in [3.05, 3.63) is 493 Å². The Morgan fingerprint density at radius 1 is 0.194 bits per heavy atom. The van der Waals surface area contributed by atoms with Crippen molar-refractivity contribution in [1.82, 2.24) is 29.9 Å². The first-order valence-corrected chi connectivity index (χ1v) is 42.8. The molecule has 2 aliphatic rings. The highest BCUT2D eigenvalue weighted by Gasteiger charge is 2.49. The van der Waals surface area contributed by atoms with E-state index in [2.05, 4.69) is 279 Å². The van der Waals surface area contributed by atoms with E-state index in [1.54, 1.807) is 11.3 Å². The van der Waals surface area contributed by atoms with Crippen LogP contribution in [0.1, 0.15) is 58.2 Å². The Kier molecular flexibility index (Phi) is 15.8. The van der Waals surface area contributed by atoms with Gasteiger partial charge < -0.3 is 0 Å². The zero-order valence-corrected chi connectivity index (χ0v) is 68.1. The molecule has 0 unspecified atom stereocenters. The van der Waals surface area contributed by atoms with Crippen LogP contribution in [0.15, 0.2) is 449 Å². The Morgan fingerprint density at radius 3 is 1.04 bits per heavy atom. The maximum atomic E-state index is 9.44. The lowest BCUT2D eigenvalue weighted by atomic mass is 9.67. The van der Waals surface area contributed by atoms with Gasteiger partial charge in [-0.25, -0.2) is 29.9 Å². The van der Waals surface area contributed by atoms with Gasteiger partial charge in [-0.3, -0.25) is 0 Å². The van der Waals surface area contributed by atoms with Crippen LogP contribution in [-0.2, 0) is 10.8 Å². The largest absolute Gasteiger partial charge is 0.208 e. The molecule has 0 bridgehead atoms. The van der Waals surface area contributed by atoms with Gasteiger partial charge in [-0.1, -0.05) is 424 Å². The van der Waals surface area contributed by atoms with Gasteiger partial charge >= 0.3 is 0 Å². The summed E-state index contributed by atoms with van der Waals surface area (Å²) in [5.41, 5.74) is 21.4. The summed E-state index contributed by atoms with van der Waals surface area (Å²) in [4.78, 5) is 31.1. The number of rotatable bonds is 14. The number of nitrogens with zero attached hydrogens (tertiary/aromatic N) is 6. The third kappa shape index (κ3) is 12.5. The normalized spacial score (nSPS) is 13.8. The van der Waals surface area contributed by atoms with E-state index >= 15 is 0 Å². The molecule has 8 heteroatoms. The van der Waals surface area contributed by atoms with Crippen LogP contribution in [-0.4, -0.2) is 29.9 Å². The molecule has 6 nitrogen and oxygen atoms in total. The second-order valence-corrected chi connectivity index (χ2v) is 33.1. The molecule has 24 rings (SSSR count). The highest BCUT2D eigenvalue weighted by molar-refractivity contribution is 7.26. The molecule has 0 saturated heterocycles. The third-order valence-corrected chi connectivity index (χ3v) is 26.6. The van der Waals surface area contributed by atoms with E-state index in [1.807, 2.05) is 121 Å². The van der Waals surface area contributed by atoms with Crippen LogP contribution in [0.3, 0.4) is 0 Å². The fourth-order valence-electron chi connectivity index (χ4n) is 18.7. The topological polar surface area (TPSA) is 77.3 Å². The van der Waals surface area contributed by atoms with E-state index in [0.29, 0.717) is 34.6 Å². The smallest absolute Gasteiger partial charge is 0.164 e. The van der Waals surface area contributed by atoms with Gasteiger partial charge in [-0.2, -0.15) is 0 Å². The molecule has 0 radical (unpaired) electrons. The maximum absolute atomic E-state index is 9.44. The standard InChI is InChI=1S/2C58H37N3S/c1-4-16-38(17-5-1)39-30-34-41(35-31-39)55-59-56(42-36-32-40(33-37-42)45-24-14-25-47-46-22-11-13-29-52(46)62-54(45)47)61-57(60-55)49-26-15-28-51-53(49)48-23-10-12-27-50(48)58(51,43-18-6-2-7-19-43)44-20-8-3-9-21-44;1-4-15-38(16-5-1)39-27-31-41(32-28-39)55-59-56(42-33-29-40(30-34-42)43-35-36-53-49(37-43)46-21-11-13-26-52(46)62-53)61-57(60-55)48-23-14-25-51-54(48)47-22-10-12-24-50(47)58(51,44-17-6-2-7-18-44)45-19-8-3-9-20-45/h2*1-37H/i1D;1D,4D,5D,15D,16D,27D,28D,31D,32D. The van der Waals surface area contributed by atoms with Crippen LogP contribution >= 0.6 is 22.7 Å². The summed E-state index contributed by atoms with van der Waals surface area (Å²) >= 11 is 3.60. The maximum Gasteiger partial charge on any atom is 0.164 e. The third-order valence-electron chi connectivity index (χ3n) is 24.2. The van der Waals surface area contributed by atoms with Gasteiger partial charge in [-0.15, -0.1) is 22.7 Å². The van der Waals surface area contributed by atoms with Crippen molar-refractivity contribution < 1.29 is 13.7 Å². The Hall–Kier alpha value is -15.6. The minimum absolute atomic E-state index is 0.130. The predicted octanol–water partition coefficient (Wildman–Crippen LogP) is 29.9. The molecule has 0 fully saturated rings. The summed E-state index contributed by atoms with van der Waals surface area (Å²) in [7, 11) is 0. The molecule has 22 aromatic rings. The molecule has 0 amide bonds. The number of hydrogen-bond donors (Lipinski definition) is 0. The molecule has 580 valence electrons. The number of benzene rings is 18. The molecule has 0 atom stereocenters. The summed E-state index contributed by atoms with van der Waals surface area (Å²) in [6.07, 6.45) is 0. The molecule has 124 heavy (non-hydrogen) atoms. The van der Waals surface area contributed by atoms with Crippen molar-refractivity contribution >= 4 is 63.0 Å². The van der Waals surface area contributed by atoms with E-state index in [1.165, 1.54) is 73.7 Å². The molecule has 4 heterocycles. The average molecular weight is 1630 g/mol. The first-order valence-electron chi connectivity index (χ1n) is 46.2. The predicted molar refractivity (Wildman–Crippen MR) is 514 cm³/mol. The van der Waals surface area contributed by atoms with Gasteiger partial charge in [-0.05, 0) is 136 Å². The lowest BCUT2D eigenvalue weighted by Crippen LogP contribution is -2.28. The number of aromatic nitrogens is 6. The minimum atomic E-state index is -0.737. The summed E-state index contributed by atoms with van der Waals surface area (Å²) in [6, 6.07) is 130. The van der Waals surface area contributed by atoms with Crippen molar-refractivity contribution in [2.24, 2.45) is 0 Å². The summed E-state index contributed by atoms with van der Waals surface area (Å²) in [5, 5.41) is 4.95. The molecule has 2 aliphatic carbocycles. The van der Waals surface area contributed by atoms with Crippen molar-refractivity contribution in [3.8, 4) is 135 Å². The summed E-state index contributed by atoms with van der Waals surface area (Å²) < 4.78 is 92.4. The van der Waals surface area contributed by atoms with Gasteiger partial charge in [0.15, 0.2) is 34.9 Å². The van der Waals surface area contributed by atoms with E-state index in [-0.39, 0.29) is 23.0 Å². The molecule has 18 aromatic carbocycles. The van der Waals surface area contributed by atoms with E-state index in [4.69, 9.17) is 38.1 Å². The Labute approximate surface area is 741 Å². The lowest BCUT2D eigenvalue weighted by molar-refractivity contribution is 0.768. The molecule has 0 N–H and O–H groups in total. The molecular weight excluding hydrogens is 1540 g/mol.